The molecule has 0 aliphatic rings. The highest BCUT2D eigenvalue weighted by atomic mass is 79.9. The first-order chi connectivity index (χ1) is 5.52. The van der Waals surface area contributed by atoms with Gasteiger partial charge in [-0.15, -0.1) is 0 Å². The van der Waals surface area contributed by atoms with Gasteiger partial charge in [0, 0.05) is 16.1 Å². The Balaban J connectivity index is 3.28. The maximum Gasteiger partial charge on any atom is 0.130 e. The van der Waals surface area contributed by atoms with Gasteiger partial charge in [0.05, 0.1) is 0 Å². The first kappa shape index (κ1) is 9.68. The van der Waals surface area contributed by atoms with Crippen LogP contribution in [0.15, 0.2) is 16.6 Å². The third-order valence-electron chi connectivity index (χ3n) is 1.74. The minimum Gasteiger partial charge on any atom is -0.324 e. The summed E-state index contributed by atoms with van der Waals surface area (Å²) in [6.07, 6.45) is 0. The molecule has 0 aromatic heterocycles. The smallest absolute Gasteiger partial charge is 0.130 e. The van der Waals surface area contributed by atoms with E-state index >= 15 is 0 Å². The molecule has 0 amide bonds. The van der Waals surface area contributed by atoms with Crippen LogP contribution in [0.5, 0.6) is 0 Å². The van der Waals surface area contributed by atoms with Gasteiger partial charge < -0.3 is 5.73 Å². The number of nitrogens with two attached hydrogens (primary N) is 1. The fraction of sp³-hybridized carbons (Fsp3) is 0.333. The largest absolute Gasteiger partial charge is 0.324 e. The van der Waals surface area contributed by atoms with E-state index in [1.165, 1.54) is 0 Å². The van der Waals surface area contributed by atoms with Crippen LogP contribution in [0.3, 0.4) is 0 Å². The minimum atomic E-state index is -0.263. The predicted octanol–water partition coefficient (Wildman–Crippen LogP) is 2.92. The van der Waals surface area contributed by atoms with Crippen molar-refractivity contribution in [2.24, 2.45) is 5.73 Å². The van der Waals surface area contributed by atoms with E-state index in [1.807, 2.05) is 0 Å². The van der Waals surface area contributed by atoms with Crippen LogP contribution in [-0.4, -0.2) is 0 Å². The number of hydrogen-bond acceptors (Lipinski definition) is 1. The summed E-state index contributed by atoms with van der Waals surface area (Å²) in [4.78, 5) is 0. The lowest BCUT2D eigenvalue weighted by molar-refractivity contribution is 0.585. The molecule has 0 unspecified atom stereocenters. The van der Waals surface area contributed by atoms with Crippen LogP contribution in [0.2, 0.25) is 0 Å². The molecule has 0 fully saturated rings. The minimum absolute atomic E-state index is 0.201. The Kier molecular flexibility index (Phi) is 2.85. The Labute approximate surface area is 79.9 Å². The normalized spacial score (nSPS) is 13.1. The third-order valence-corrected chi connectivity index (χ3v) is 2.20. The molecule has 3 heteroatoms. The summed E-state index contributed by atoms with van der Waals surface area (Å²) in [5, 5.41) is 0. The van der Waals surface area contributed by atoms with Crippen molar-refractivity contribution in [3.8, 4) is 0 Å². The van der Waals surface area contributed by atoms with Gasteiger partial charge >= 0.3 is 0 Å². The van der Waals surface area contributed by atoms with Crippen LogP contribution in [0.25, 0.3) is 0 Å². The second kappa shape index (κ2) is 3.54. The molecule has 0 spiro atoms. The lowest BCUT2D eigenvalue weighted by atomic mass is 10.1. The van der Waals surface area contributed by atoms with Crippen molar-refractivity contribution >= 4 is 15.9 Å². The summed E-state index contributed by atoms with van der Waals surface area (Å²) in [5.41, 5.74) is 6.77. The standard InChI is InChI=1S/C9H11BrFN/c1-5-3-7(10)4-8(6(2)12)9(5)11/h3-4,6H,12H2,1-2H3/t6-/m0/s1. The highest BCUT2D eigenvalue weighted by Gasteiger charge is 2.09. The van der Waals surface area contributed by atoms with Gasteiger partial charge in [-0.1, -0.05) is 15.9 Å². The van der Waals surface area contributed by atoms with Crippen LogP contribution in [0.1, 0.15) is 24.1 Å². The quantitative estimate of drug-likeness (QED) is 0.791. The Bertz CT molecular complexity index is 297. The molecule has 66 valence electrons. The highest BCUT2D eigenvalue weighted by Crippen LogP contribution is 2.23. The van der Waals surface area contributed by atoms with Crippen LogP contribution in [0.4, 0.5) is 4.39 Å². The predicted molar refractivity (Wildman–Crippen MR) is 51.4 cm³/mol. The second-order valence-electron chi connectivity index (χ2n) is 2.91. The summed E-state index contributed by atoms with van der Waals surface area (Å²) in [5.74, 6) is -0.201. The second-order valence-corrected chi connectivity index (χ2v) is 3.83. The lowest BCUT2D eigenvalue weighted by Gasteiger charge is -2.09. The number of aryl methyl sites for hydroxylation is 1. The number of halogens is 2. The van der Waals surface area contributed by atoms with Gasteiger partial charge in [0.1, 0.15) is 5.82 Å². The molecular formula is C9H11BrFN. The van der Waals surface area contributed by atoms with Crippen LogP contribution >= 0.6 is 15.9 Å². The molecule has 0 aliphatic carbocycles. The molecule has 0 bridgehead atoms. The van der Waals surface area contributed by atoms with Gasteiger partial charge in [-0.05, 0) is 31.5 Å². The summed E-state index contributed by atoms with van der Waals surface area (Å²) >= 11 is 3.29. The molecule has 0 aliphatic heterocycles. The summed E-state index contributed by atoms with van der Waals surface area (Å²) in [7, 11) is 0. The van der Waals surface area contributed by atoms with Crippen molar-refractivity contribution < 1.29 is 4.39 Å². The van der Waals surface area contributed by atoms with Gasteiger partial charge in [-0.25, -0.2) is 4.39 Å². The monoisotopic (exact) mass is 231 g/mol. The molecular weight excluding hydrogens is 221 g/mol. The Morgan fingerprint density at radius 2 is 2.08 bits per heavy atom. The number of rotatable bonds is 1. The molecule has 0 saturated carbocycles. The third kappa shape index (κ3) is 1.84. The SMILES string of the molecule is Cc1cc(Br)cc([C@H](C)N)c1F. The van der Waals surface area contributed by atoms with E-state index in [4.69, 9.17) is 5.73 Å². The Hall–Kier alpha value is -0.410. The maximum absolute atomic E-state index is 13.3. The van der Waals surface area contributed by atoms with E-state index in [2.05, 4.69) is 15.9 Å². The van der Waals surface area contributed by atoms with Gasteiger partial charge in [0.15, 0.2) is 0 Å². The van der Waals surface area contributed by atoms with Crippen LogP contribution < -0.4 is 5.73 Å². The molecule has 1 rings (SSSR count). The van der Waals surface area contributed by atoms with E-state index < -0.39 is 0 Å². The first-order valence-corrected chi connectivity index (χ1v) is 4.53. The van der Waals surface area contributed by atoms with E-state index in [9.17, 15) is 4.39 Å². The Morgan fingerprint density at radius 3 is 2.58 bits per heavy atom. The van der Waals surface area contributed by atoms with Crippen molar-refractivity contribution in [2.45, 2.75) is 19.9 Å². The molecule has 12 heavy (non-hydrogen) atoms. The lowest BCUT2D eigenvalue weighted by Crippen LogP contribution is -2.08. The molecule has 2 N–H and O–H groups in total. The summed E-state index contributed by atoms with van der Waals surface area (Å²) in [6.45, 7) is 3.50. The van der Waals surface area contributed by atoms with Crippen LogP contribution in [-0.2, 0) is 0 Å². The summed E-state index contributed by atoms with van der Waals surface area (Å²) in [6, 6.07) is 3.19. The van der Waals surface area contributed by atoms with Crippen LogP contribution in [0, 0.1) is 12.7 Å². The Morgan fingerprint density at radius 1 is 1.50 bits per heavy atom. The average molecular weight is 232 g/mol. The molecule has 1 atom stereocenters. The molecule has 0 heterocycles. The molecule has 1 aromatic carbocycles. The fourth-order valence-electron chi connectivity index (χ4n) is 1.08. The molecule has 0 radical (unpaired) electrons. The van der Waals surface area contributed by atoms with E-state index in [0.29, 0.717) is 11.1 Å². The van der Waals surface area contributed by atoms with Crippen molar-refractivity contribution in [3.05, 3.63) is 33.5 Å². The number of hydrogen-bond donors (Lipinski definition) is 1. The van der Waals surface area contributed by atoms with Crippen molar-refractivity contribution in [2.75, 3.05) is 0 Å². The maximum atomic E-state index is 13.3. The van der Waals surface area contributed by atoms with Gasteiger partial charge in [0.2, 0.25) is 0 Å². The van der Waals surface area contributed by atoms with Gasteiger partial charge in [-0.3, -0.25) is 0 Å². The topological polar surface area (TPSA) is 26.0 Å². The molecule has 0 saturated heterocycles. The zero-order chi connectivity index (χ0) is 9.30. The zero-order valence-corrected chi connectivity index (χ0v) is 8.65. The van der Waals surface area contributed by atoms with E-state index in [0.717, 1.165) is 4.47 Å². The van der Waals surface area contributed by atoms with Gasteiger partial charge in [0.25, 0.3) is 0 Å². The highest BCUT2D eigenvalue weighted by molar-refractivity contribution is 9.10. The van der Waals surface area contributed by atoms with Crippen molar-refractivity contribution in [1.29, 1.82) is 0 Å². The molecule has 1 aromatic rings. The van der Waals surface area contributed by atoms with Crippen molar-refractivity contribution in [1.82, 2.24) is 0 Å². The average Bonchev–Trinajstić information content (AvgIpc) is 1.96. The van der Waals surface area contributed by atoms with Crippen molar-refractivity contribution in [3.63, 3.8) is 0 Å². The first-order valence-electron chi connectivity index (χ1n) is 3.73. The van der Waals surface area contributed by atoms with E-state index in [-0.39, 0.29) is 11.9 Å². The van der Waals surface area contributed by atoms with E-state index in [1.54, 1.807) is 26.0 Å². The molecule has 1 nitrogen and oxygen atoms in total. The zero-order valence-electron chi connectivity index (χ0n) is 7.07. The van der Waals surface area contributed by atoms with Gasteiger partial charge in [-0.2, -0.15) is 0 Å². The summed E-state index contributed by atoms with van der Waals surface area (Å²) < 4.78 is 14.2. The number of benzene rings is 1. The fourth-order valence-corrected chi connectivity index (χ4v) is 1.67.